The first kappa shape index (κ1) is 19.1. The van der Waals surface area contributed by atoms with Crippen LogP contribution in [0.25, 0.3) is 0 Å². The maximum Gasteiger partial charge on any atom is 0.173 e. The number of thiocarbonyl (C=S) groups is 1. The zero-order valence-corrected chi connectivity index (χ0v) is 16.3. The summed E-state index contributed by atoms with van der Waals surface area (Å²) in [6, 6.07) is 16.4. The number of rotatable bonds is 7. The van der Waals surface area contributed by atoms with Crippen molar-refractivity contribution in [1.29, 1.82) is 0 Å². The molecule has 0 aliphatic carbocycles. The Bertz CT molecular complexity index is 666. The molecule has 2 rings (SSSR count). The van der Waals surface area contributed by atoms with Crippen LogP contribution < -0.4 is 15.0 Å². The van der Waals surface area contributed by atoms with Crippen LogP contribution in [0.15, 0.2) is 48.5 Å². The van der Waals surface area contributed by atoms with E-state index < -0.39 is 0 Å². The molecule has 0 aromatic heterocycles. The fourth-order valence-corrected chi connectivity index (χ4v) is 2.82. The molecule has 2 aromatic carbocycles. The van der Waals surface area contributed by atoms with E-state index in [-0.39, 0.29) is 0 Å². The van der Waals surface area contributed by atoms with Crippen LogP contribution in [0, 0.1) is 0 Å². The zero-order chi connectivity index (χ0) is 18.2. The summed E-state index contributed by atoms with van der Waals surface area (Å²) in [4.78, 5) is 4.37. The minimum Gasteiger partial charge on any atom is -0.497 e. The number of anilines is 2. The Kier molecular flexibility index (Phi) is 7.07. The monoisotopic (exact) mass is 357 g/mol. The van der Waals surface area contributed by atoms with Gasteiger partial charge in [0.15, 0.2) is 5.11 Å². The van der Waals surface area contributed by atoms with Crippen LogP contribution >= 0.6 is 12.2 Å². The predicted octanol–water partition coefficient (Wildman–Crippen LogP) is 4.37. The van der Waals surface area contributed by atoms with Gasteiger partial charge in [0.2, 0.25) is 0 Å². The minimum atomic E-state index is 0.693. The van der Waals surface area contributed by atoms with E-state index >= 15 is 0 Å². The van der Waals surface area contributed by atoms with E-state index in [9.17, 15) is 0 Å². The Morgan fingerprint density at radius 2 is 1.60 bits per heavy atom. The molecule has 1 N–H and O–H groups in total. The molecule has 5 heteroatoms. The van der Waals surface area contributed by atoms with E-state index in [2.05, 4.69) is 48.3 Å². The van der Waals surface area contributed by atoms with Gasteiger partial charge in [0.1, 0.15) is 5.75 Å². The van der Waals surface area contributed by atoms with Crippen molar-refractivity contribution in [1.82, 2.24) is 4.90 Å². The molecule has 0 radical (unpaired) electrons. The summed E-state index contributed by atoms with van der Waals surface area (Å²) in [5.41, 5.74) is 3.45. The summed E-state index contributed by atoms with van der Waals surface area (Å²) >= 11 is 5.50. The van der Waals surface area contributed by atoms with Gasteiger partial charge in [0.05, 0.1) is 7.11 Å². The smallest absolute Gasteiger partial charge is 0.173 e. The van der Waals surface area contributed by atoms with Gasteiger partial charge in [-0.05, 0) is 68.0 Å². The number of methoxy groups -OCH3 is 1. The van der Waals surface area contributed by atoms with Crippen LogP contribution in [0.5, 0.6) is 5.75 Å². The quantitative estimate of drug-likeness (QED) is 0.743. The first-order valence-electron chi connectivity index (χ1n) is 8.57. The molecule has 4 nitrogen and oxygen atoms in total. The normalized spacial score (nSPS) is 10.2. The summed E-state index contributed by atoms with van der Waals surface area (Å²) in [7, 11) is 3.66. The molecule has 0 saturated heterocycles. The van der Waals surface area contributed by atoms with Crippen molar-refractivity contribution < 1.29 is 4.74 Å². The van der Waals surface area contributed by atoms with E-state index in [1.807, 2.05) is 36.2 Å². The second-order valence-corrected chi connectivity index (χ2v) is 6.24. The van der Waals surface area contributed by atoms with Gasteiger partial charge in [-0.25, -0.2) is 0 Å². The third-order valence-corrected chi connectivity index (χ3v) is 4.59. The van der Waals surface area contributed by atoms with Gasteiger partial charge in [-0.2, -0.15) is 0 Å². The highest BCUT2D eigenvalue weighted by atomic mass is 32.1. The van der Waals surface area contributed by atoms with E-state index in [1.54, 1.807) is 7.11 Å². The van der Waals surface area contributed by atoms with Gasteiger partial charge in [-0.1, -0.05) is 12.1 Å². The molecule has 0 unspecified atom stereocenters. The molecule has 0 heterocycles. The summed E-state index contributed by atoms with van der Waals surface area (Å²) < 4.78 is 5.17. The van der Waals surface area contributed by atoms with Crippen LogP contribution in [0.1, 0.15) is 19.4 Å². The minimum absolute atomic E-state index is 0.693. The van der Waals surface area contributed by atoms with Gasteiger partial charge in [0.25, 0.3) is 0 Å². The van der Waals surface area contributed by atoms with Gasteiger partial charge in [-0.15, -0.1) is 0 Å². The highest BCUT2D eigenvalue weighted by molar-refractivity contribution is 7.80. The lowest BCUT2D eigenvalue weighted by atomic mass is 10.2. The number of hydrogen-bond donors (Lipinski definition) is 1. The number of nitrogens with one attached hydrogen (secondary N) is 1. The summed E-state index contributed by atoms with van der Waals surface area (Å²) in [6.07, 6.45) is 0. The number of nitrogens with zero attached hydrogens (tertiary/aromatic N) is 2. The third-order valence-electron chi connectivity index (χ3n) is 4.17. The average molecular weight is 358 g/mol. The average Bonchev–Trinajstić information content (AvgIpc) is 2.64. The van der Waals surface area contributed by atoms with Crippen molar-refractivity contribution in [3.63, 3.8) is 0 Å². The van der Waals surface area contributed by atoms with Gasteiger partial charge >= 0.3 is 0 Å². The van der Waals surface area contributed by atoms with Crippen LogP contribution in [0.2, 0.25) is 0 Å². The van der Waals surface area contributed by atoms with Crippen LogP contribution in [0.4, 0.5) is 11.4 Å². The Morgan fingerprint density at radius 1 is 1.00 bits per heavy atom. The van der Waals surface area contributed by atoms with E-state index in [4.69, 9.17) is 17.0 Å². The summed E-state index contributed by atoms with van der Waals surface area (Å²) in [6.45, 7) is 7.15. The van der Waals surface area contributed by atoms with E-state index in [1.165, 1.54) is 11.3 Å². The second kappa shape index (κ2) is 9.28. The zero-order valence-electron chi connectivity index (χ0n) is 15.5. The molecule has 0 atom stereocenters. The highest BCUT2D eigenvalue weighted by Crippen LogP contribution is 2.17. The molecule has 0 saturated carbocycles. The fourth-order valence-electron chi connectivity index (χ4n) is 2.64. The van der Waals surface area contributed by atoms with E-state index in [0.29, 0.717) is 5.11 Å². The van der Waals surface area contributed by atoms with Crippen molar-refractivity contribution in [2.24, 2.45) is 0 Å². The van der Waals surface area contributed by atoms with Crippen molar-refractivity contribution in [3.8, 4) is 5.75 Å². The molecule has 25 heavy (non-hydrogen) atoms. The van der Waals surface area contributed by atoms with Crippen LogP contribution in [0.3, 0.4) is 0 Å². The fraction of sp³-hybridized carbons (Fsp3) is 0.350. The number of ether oxygens (including phenoxy) is 1. The predicted molar refractivity (Wildman–Crippen MR) is 111 cm³/mol. The first-order chi connectivity index (χ1) is 12.1. The molecule has 0 bridgehead atoms. The lowest BCUT2D eigenvalue weighted by molar-refractivity contribution is 0.415. The standard InChI is InChI=1S/C20H27N3OS/c1-5-23(6-2)18-11-7-16(8-12-18)15-22(3)20(25)21-17-9-13-19(24-4)14-10-17/h7-14H,5-6,15H2,1-4H3,(H,21,25). The second-order valence-electron chi connectivity index (χ2n) is 5.85. The van der Waals surface area contributed by atoms with Crippen molar-refractivity contribution in [3.05, 3.63) is 54.1 Å². The Morgan fingerprint density at radius 3 is 2.12 bits per heavy atom. The Balaban J connectivity index is 1.93. The van der Waals surface area contributed by atoms with Crippen molar-refractivity contribution >= 4 is 28.7 Å². The number of hydrogen-bond acceptors (Lipinski definition) is 3. The Labute approximate surface area is 156 Å². The Hall–Kier alpha value is -2.27. The summed E-state index contributed by atoms with van der Waals surface area (Å²) in [5, 5.41) is 3.95. The first-order valence-corrected chi connectivity index (χ1v) is 8.98. The lowest BCUT2D eigenvalue weighted by Gasteiger charge is -2.23. The molecule has 0 spiro atoms. The van der Waals surface area contributed by atoms with Gasteiger partial charge in [0, 0.05) is 38.1 Å². The highest BCUT2D eigenvalue weighted by Gasteiger charge is 2.07. The molecule has 2 aromatic rings. The topological polar surface area (TPSA) is 27.7 Å². The summed E-state index contributed by atoms with van der Waals surface area (Å²) in [5.74, 6) is 0.832. The molecular formula is C20H27N3OS. The van der Waals surface area contributed by atoms with Gasteiger partial charge in [-0.3, -0.25) is 0 Å². The van der Waals surface area contributed by atoms with E-state index in [0.717, 1.165) is 31.1 Å². The molecule has 0 aliphatic rings. The van der Waals surface area contributed by atoms with Crippen molar-refractivity contribution in [2.75, 3.05) is 37.5 Å². The molecule has 134 valence electrons. The molecule has 0 amide bonds. The molecule has 0 fully saturated rings. The van der Waals surface area contributed by atoms with Gasteiger partial charge < -0.3 is 19.9 Å². The maximum atomic E-state index is 5.50. The van der Waals surface area contributed by atoms with Crippen LogP contribution in [-0.2, 0) is 6.54 Å². The third kappa shape index (κ3) is 5.36. The molecular weight excluding hydrogens is 330 g/mol. The largest absolute Gasteiger partial charge is 0.497 e. The SMILES string of the molecule is CCN(CC)c1ccc(CN(C)C(=S)Nc2ccc(OC)cc2)cc1. The lowest BCUT2D eigenvalue weighted by Crippen LogP contribution is -2.30. The molecule has 0 aliphatic heterocycles. The number of benzene rings is 2. The maximum absolute atomic E-state index is 5.50. The van der Waals surface area contributed by atoms with Crippen LogP contribution in [-0.4, -0.2) is 37.3 Å². The van der Waals surface area contributed by atoms with Crippen molar-refractivity contribution in [2.45, 2.75) is 20.4 Å².